The van der Waals surface area contributed by atoms with Crippen LogP contribution in [-0.4, -0.2) is 74.9 Å². The molecule has 2 atom stereocenters. The molecule has 0 aromatic carbocycles. The van der Waals surface area contributed by atoms with Crippen LogP contribution in [0.5, 0.6) is 0 Å². The second kappa shape index (κ2) is 63.5. The summed E-state index contributed by atoms with van der Waals surface area (Å²) >= 11 is 0. The molecule has 0 bridgehead atoms. The fourth-order valence-electron chi connectivity index (χ4n) is 10.5. The first-order valence-electron chi connectivity index (χ1n) is 35.4. The fraction of sp³-hybridized carbons (Fsp3) is 0.861. The number of phosphoric ester groups is 1. The lowest BCUT2D eigenvalue weighted by Crippen LogP contribution is -2.37. The van der Waals surface area contributed by atoms with Crippen molar-refractivity contribution < 1.29 is 42.1 Å². The van der Waals surface area contributed by atoms with Crippen LogP contribution >= 0.6 is 7.82 Å². The second-order valence-electron chi connectivity index (χ2n) is 25.3. The Labute approximate surface area is 509 Å². The van der Waals surface area contributed by atoms with Gasteiger partial charge in [0.2, 0.25) is 0 Å². The Balaban J connectivity index is 3.98. The number of hydrogen-bond donors (Lipinski definition) is 1. The van der Waals surface area contributed by atoms with Crippen LogP contribution in [0, 0.1) is 0 Å². The van der Waals surface area contributed by atoms with Gasteiger partial charge in [-0.1, -0.05) is 332 Å². The molecule has 0 aromatic heterocycles. The van der Waals surface area contributed by atoms with Crippen LogP contribution in [0.3, 0.4) is 0 Å². The van der Waals surface area contributed by atoms with Gasteiger partial charge in [0, 0.05) is 12.8 Å². The summed E-state index contributed by atoms with van der Waals surface area (Å²) in [5.74, 6) is -0.775. The molecule has 482 valence electrons. The van der Waals surface area contributed by atoms with E-state index in [2.05, 4.69) is 62.5 Å². The highest BCUT2D eigenvalue weighted by atomic mass is 31.2. The van der Waals surface area contributed by atoms with Gasteiger partial charge in [-0.15, -0.1) is 0 Å². The number of unbranched alkanes of at least 4 members (excludes halogenated alkanes) is 44. The molecule has 9 nitrogen and oxygen atoms in total. The zero-order chi connectivity index (χ0) is 59.8. The number of carbonyl (C=O) groups is 2. The van der Waals surface area contributed by atoms with E-state index in [0.717, 1.165) is 57.8 Å². The average molecular weight is 1180 g/mol. The van der Waals surface area contributed by atoms with Gasteiger partial charge < -0.3 is 18.9 Å². The van der Waals surface area contributed by atoms with Crippen LogP contribution in [0.2, 0.25) is 0 Å². The van der Waals surface area contributed by atoms with Crippen LogP contribution in [-0.2, 0) is 32.7 Å². The van der Waals surface area contributed by atoms with Crippen molar-refractivity contribution in [2.24, 2.45) is 0 Å². The molecule has 0 amide bonds. The van der Waals surface area contributed by atoms with Crippen molar-refractivity contribution in [3.05, 3.63) is 48.6 Å². The number of allylic oxidation sites excluding steroid dienone is 8. The molecule has 0 saturated heterocycles. The number of phosphoric acid groups is 1. The van der Waals surface area contributed by atoms with Crippen LogP contribution in [0.1, 0.15) is 348 Å². The predicted molar refractivity (Wildman–Crippen MR) is 353 cm³/mol. The number of rotatable bonds is 66. The Bertz CT molecular complexity index is 1520. The monoisotopic (exact) mass is 1180 g/mol. The first-order valence-corrected chi connectivity index (χ1v) is 36.9. The molecule has 10 heteroatoms. The summed E-state index contributed by atoms with van der Waals surface area (Å²) < 4.78 is 34.8. The molecule has 0 aliphatic carbocycles. The highest BCUT2D eigenvalue weighted by Crippen LogP contribution is 2.43. The maximum Gasteiger partial charge on any atom is 0.472 e. The minimum Gasteiger partial charge on any atom is -0.462 e. The smallest absolute Gasteiger partial charge is 0.462 e. The number of likely N-dealkylation sites (N-methyl/N-ethyl adjacent to an activating group) is 1. The van der Waals surface area contributed by atoms with Crippen molar-refractivity contribution in [3.8, 4) is 0 Å². The Morgan fingerprint density at radius 3 is 1.04 bits per heavy atom. The maximum absolute atomic E-state index is 12.9. The van der Waals surface area contributed by atoms with Crippen molar-refractivity contribution >= 4 is 19.8 Å². The lowest BCUT2D eigenvalue weighted by molar-refractivity contribution is -0.870. The van der Waals surface area contributed by atoms with Crippen LogP contribution in [0.25, 0.3) is 0 Å². The van der Waals surface area contributed by atoms with Gasteiger partial charge in [0.1, 0.15) is 19.8 Å². The van der Waals surface area contributed by atoms with Gasteiger partial charge in [-0.2, -0.15) is 0 Å². The van der Waals surface area contributed by atoms with E-state index >= 15 is 0 Å². The fourth-order valence-corrected chi connectivity index (χ4v) is 11.2. The van der Waals surface area contributed by atoms with Crippen LogP contribution in [0.15, 0.2) is 48.6 Å². The number of nitrogens with zero attached hydrogens (tertiary/aromatic N) is 1. The number of carbonyl (C=O) groups excluding carboxylic acids is 2. The van der Waals surface area contributed by atoms with E-state index in [4.69, 9.17) is 18.5 Å². The summed E-state index contributed by atoms with van der Waals surface area (Å²) in [4.78, 5) is 35.9. The molecule has 0 saturated carbocycles. The number of ether oxygens (including phenoxy) is 2. The van der Waals surface area contributed by atoms with Gasteiger partial charge in [0.05, 0.1) is 27.7 Å². The second-order valence-corrected chi connectivity index (χ2v) is 26.7. The number of quaternary nitrogens is 1. The molecular formula is C72H137NO8P+. The van der Waals surface area contributed by atoms with Crippen LogP contribution < -0.4 is 0 Å². The first-order chi connectivity index (χ1) is 40.0. The van der Waals surface area contributed by atoms with Crippen molar-refractivity contribution in [1.82, 2.24) is 0 Å². The van der Waals surface area contributed by atoms with E-state index in [1.54, 1.807) is 0 Å². The lowest BCUT2D eigenvalue weighted by Gasteiger charge is -2.24. The minimum atomic E-state index is -4.39. The van der Waals surface area contributed by atoms with Gasteiger partial charge in [0.25, 0.3) is 0 Å². The van der Waals surface area contributed by atoms with E-state index in [1.807, 2.05) is 21.1 Å². The third kappa shape index (κ3) is 67.1. The molecule has 0 aliphatic heterocycles. The van der Waals surface area contributed by atoms with E-state index in [1.165, 1.54) is 257 Å². The van der Waals surface area contributed by atoms with Crippen molar-refractivity contribution in [2.45, 2.75) is 354 Å². The normalized spacial score (nSPS) is 13.4. The third-order valence-electron chi connectivity index (χ3n) is 15.9. The molecule has 0 aromatic rings. The number of esters is 2. The quantitative estimate of drug-likeness (QED) is 0.0211. The summed E-state index contributed by atoms with van der Waals surface area (Å²) in [7, 11) is 1.50. The maximum atomic E-state index is 12.9. The Kier molecular flexibility index (Phi) is 61.9. The Morgan fingerprint density at radius 1 is 0.390 bits per heavy atom. The standard InChI is InChI=1S/C72H136NO8P/c1-6-8-10-12-14-16-18-20-22-24-26-28-30-32-33-34-35-36-37-38-39-41-43-45-47-49-51-53-55-57-59-61-63-65-72(75)81-70(69-80-82(76,77)79-67-66-73(3,4)5)68-78-71(74)64-62-60-58-56-54-52-50-48-46-44-42-40-31-29-27-25-23-21-19-17-15-13-11-9-7-2/h8,10,14,16,20,22,26,28,70H,6-7,9,11-13,15,17-19,21,23-25,27,29-69H2,1-5H3/p+1/b10-8-,16-14-,22-20-,28-26-. The van der Waals surface area contributed by atoms with Crippen molar-refractivity contribution in [1.29, 1.82) is 0 Å². The zero-order valence-corrected chi connectivity index (χ0v) is 55.9. The van der Waals surface area contributed by atoms with Crippen molar-refractivity contribution in [2.75, 3.05) is 47.5 Å². The summed E-state index contributed by atoms with van der Waals surface area (Å²) in [5, 5.41) is 0. The SMILES string of the molecule is CC/C=C\C/C=C\C/C=C\C/C=C\CCCCCCCCCCCCCCCCCCCCCCC(=O)OC(COC(=O)CCCCCCCCCCCCCCCCCCCCCCCCCCC)COP(=O)(O)OCC[N+](C)(C)C. The highest BCUT2D eigenvalue weighted by molar-refractivity contribution is 7.47. The topological polar surface area (TPSA) is 108 Å². The van der Waals surface area contributed by atoms with Gasteiger partial charge >= 0.3 is 19.8 Å². The minimum absolute atomic E-state index is 0.0346. The molecule has 0 heterocycles. The molecule has 1 N–H and O–H groups in total. The summed E-state index contributed by atoms with van der Waals surface area (Å²) in [5.41, 5.74) is 0. The summed E-state index contributed by atoms with van der Waals surface area (Å²) in [6.07, 6.45) is 82.2. The number of hydrogen-bond acceptors (Lipinski definition) is 7. The van der Waals surface area contributed by atoms with Gasteiger partial charge in [-0.05, 0) is 51.4 Å². The Morgan fingerprint density at radius 2 is 0.695 bits per heavy atom. The predicted octanol–water partition coefficient (Wildman–Crippen LogP) is 22.8. The van der Waals surface area contributed by atoms with E-state index in [-0.39, 0.29) is 25.6 Å². The zero-order valence-electron chi connectivity index (χ0n) is 55.0. The van der Waals surface area contributed by atoms with E-state index in [0.29, 0.717) is 23.9 Å². The molecule has 0 radical (unpaired) electrons. The van der Waals surface area contributed by atoms with E-state index in [9.17, 15) is 19.0 Å². The highest BCUT2D eigenvalue weighted by Gasteiger charge is 2.27. The average Bonchev–Trinajstić information content (AvgIpc) is 3.46. The summed E-state index contributed by atoms with van der Waals surface area (Å²) in [6.45, 7) is 4.39. The molecular weight excluding hydrogens is 1040 g/mol. The van der Waals surface area contributed by atoms with E-state index < -0.39 is 26.5 Å². The third-order valence-corrected chi connectivity index (χ3v) is 16.9. The Hall–Kier alpha value is -2.03. The summed E-state index contributed by atoms with van der Waals surface area (Å²) in [6, 6.07) is 0. The molecule has 82 heavy (non-hydrogen) atoms. The van der Waals surface area contributed by atoms with Crippen molar-refractivity contribution in [3.63, 3.8) is 0 Å². The van der Waals surface area contributed by atoms with Gasteiger partial charge in [-0.25, -0.2) is 4.57 Å². The largest absolute Gasteiger partial charge is 0.472 e. The molecule has 2 unspecified atom stereocenters. The van der Waals surface area contributed by atoms with Gasteiger partial charge in [-0.3, -0.25) is 18.6 Å². The van der Waals surface area contributed by atoms with Crippen LogP contribution in [0.4, 0.5) is 0 Å². The lowest BCUT2D eigenvalue weighted by atomic mass is 10.0. The molecule has 0 spiro atoms. The molecule has 0 rings (SSSR count). The molecule has 0 fully saturated rings. The first kappa shape index (κ1) is 80.0. The van der Waals surface area contributed by atoms with Gasteiger partial charge in [0.15, 0.2) is 6.10 Å². The molecule has 0 aliphatic rings.